The van der Waals surface area contributed by atoms with Crippen LogP contribution in [0.4, 0.5) is 19.1 Å². The smallest absolute Gasteiger partial charge is 0.437 e. The average molecular weight is 292 g/mol. The molecular weight excluding hydrogens is 289 g/mol. The standard InChI is InChI=1S/C9H3F3N2O6/c10-9(11,12)6-5(8(15)16)20-7(13-6)3-1-2-4(19-3)14(17)18/h1-2H,(H,15,16). The van der Waals surface area contributed by atoms with Gasteiger partial charge in [0.2, 0.25) is 5.76 Å². The maximum Gasteiger partial charge on any atom is 0.437 e. The molecule has 0 unspecified atom stereocenters. The van der Waals surface area contributed by atoms with Gasteiger partial charge in [0.1, 0.15) is 4.92 Å². The number of rotatable bonds is 3. The van der Waals surface area contributed by atoms with Crippen LogP contribution in [0.2, 0.25) is 0 Å². The number of nitrogens with zero attached hydrogens (tertiary/aromatic N) is 2. The highest BCUT2D eigenvalue weighted by atomic mass is 19.4. The molecule has 0 spiro atoms. The van der Waals surface area contributed by atoms with E-state index >= 15 is 0 Å². The summed E-state index contributed by atoms with van der Waals surface area (Å²) in [6, 6.07) is 1.81. The molecule has 2 aromatic rings. The molecule has 2 aromatic heterocycles. The highest BCUT2D eigenvalue weighted by molar-refractivity contribution is 5.86. The summed E-state index contributed by atoms with van der Waals surface area (Å²) < 4.78 is 46.7. The Balaban J connectivity index is 2.53. The average Bonchev–Trinajstić information content (AvgIpc) is 2.94. The summed E-state index contributed by atoms with van der Waals surface area (Å²) in [5.41, 5.74) is -1.75. The van der Waals surface area contributed by atoms with Gasteiger partial charge in [0.05, 0.1) is 6.07 Å². The van der Waals surface area contributed by atoms with E-state index in [2.05, 4.69) is 13.8 Å². The van der Waals surface area contributed by atoms with Gasteiger partial charge in [-0.25, -0.2) is 9.78 Å². The van der Waals surface area contributed by atoms with Crippen molar-refractivity contribution in [2.75, 3.05) is 0 Å². The van der Waals surface area contributed by atoms with E-state index in [0.29, 0.717) is 0 Å². The van der Waals surface area contributed by atoms with Crippen LogP contribution in [-0.4, -0.2) is 21.0 Å². The van der Waals surface area contributed by atoms with Crippen LogP contribution in [0.3, 0.4) is 0 Å². The molecule has 0 amide bonds. The largest absolute Gasteiger partial charge is 0.475 e. The van der Waals surface area contributed by atoms with Gasteiger partial charge < -0.3 is 13.9 Å². The molecule has 0 aromatic carbocycles. The Morgan fingerprint density at radius 2 is 2.00 bits per heavy atom. The molecule has 0 fully saturated rings. The molecular formula is C9H3F3N2O6. The molecule has 11 heteroatoms. The Kier molecular flexibility index (Phi) is 2.96. The third kappa shape index (κ3) is 2.32. The predicted molar refractivity (Wildman–Crippen MR) is 52.8 cm³/mol. The second-order valence-corrected chi connectivity index (χ2v) is 3.39. The van der Waals surface area contributed by atoms with E-state index in [9.17, 15) is 28.1 Å². The molecule has 2 rings (SSSR count). The van der Waals surface area contributed by atoms with Crippen molar-refractivity contribution in [1.82, 2.24) is 4.98 Å². The monoisotopic (exact) mass is 292 g/mol. The minimum absolute atomic E-state index is 0.491. The highest BCUT2D eigenvalue weighted by Gasteiger charge is 2.41. The molecule has 0 aliphatic heterocycles. The van der Waals surface area contributed by atoms with Gasteiger partial charge in [-0.05, 0) is 6.07 Å². The van der Waals surface area contributed by atoms with Gasteiger partial charge in [0.15, 0.2) is 11.5 Å². The van der Waals surface area contributed by atoms with Crippen molar-refractivity contribution in [3.8, 4) is 11.7 Å². The molecule has 0 radical (unpaired) electrons. The molecule has 0 bridgehead atoms. The number of oxazole rings is 1. The van der Waals surface area contributed by atoms with Crippen LogP contribution in [0.25, 0.3) is 11.7 Å². The van der Waals surface area contributed by atoms with Gasteiger partial charge in [-0.1, -0.05) is 0 Å². The van der Waals surface area contributed by atoms with Crippen LogP contribution >= 0.6 is 0 Å². The maximum atomic E-state index is 12.5. The van der Waals surface area contributed by atoms with E-state index in [4.69, 9.17) is 5.11 Å². The molecule has 8 nitrogen and oxygen atoms in total. The molecule has 0 saturated carbocycles. The molecule has 0 aliphatic carbocycles. The number of carboxylic acids is 1. The van der Waals surface area contributed by atoms with E-state index in [1.54, 1.807) is 0 Å². The van der Waals surface area contributed by atoms with Crippen molar-refractivity contribution in [3.63, 3.8) is 0 Å². The Bertz CT molecular complexity index is 686. The lowest BCUT2D eigenvalue weighted by Gasteiger charge is -2.00. The zero-order chi connectivity index (χ0) is 15.1. The first-order valence-corrected chi connectivity index (χ1v) is 4.76. The second-order valence-electron chi connectivity index (χ2n) is 3.39. The van der Waals surface area contributed by atoms with Crippen molar-refractivity contribution in [2.45, 2.75) is 6.18 Å². The molecule has 0 aliphatic rings. The van der Waals surface area contributed by atoms with Gasteiger partial charge in [-0.15, -0.1) is 0 Å². The van der Waals surface area contributed by atoms with Crippen LogP contribution in [0.5, 0.6) is 0 Å². The van der Waals surface area contributed by atoms with Crippen molar-refractivity contribution in [3.05, 3.63) is 33.7 Å². The summed E-state index contributed by atoms with van der Waals surface area (Å²) in [7, 11) is 0. The molecule has 1 N–H and O–H groups in total. The van der Waals surface area contributed by atoms with Crippen LogP contribution in [0.15, 0.2) is 21.0 Å². The van der Waals surface area contributed by atoms with Gasteiger partial charge in [-0.3, -0.25) is 10.1 Å². The highest BCUT2D eigenvalue weighted by Crippen LogP contribution is 2.35. The number of furan rings is 1. The fourth-order valence-electron chi connectivity index (χ4n) is 1.30. The van der Waals surface area contributed by atoms with Gasteiger partial charge in [0.25, 0.3) is 5.89 Å². The lowest BCUT2D eigenvalue weighted by atomic mass is 10.3. The summed E-state index contributed by atoms with van der Waals surface area (Å²) in [4.78, 5) is 23.1. The van der Waals surface area contributed by atoms with Crippen molar-refractivity contribution < 1.29 is 36.8 Å². The lowest BCUT2D eigenvalue weighted by molar-refractivity contribution is -0.401. The summed E-state index contributed by atoms with van der Waals surface area (Å²) >= 11 is 0. The first-order valence-electron chi connectivity index (χ1n) is 4.76. The molecule has 106 valence electrons. The van der Waals surface area contributed by atoms with E-state index in [1.807, 2.05) is 0 Å². The Morgan fingerprint density at radius 3 is 2.40 bits per heavy atom. The Morgan fingerprint density at radius 1 is 1.35 bits per heavy atom. The lowest BCUT2D eigenvalue weighted by Crippen LogP contribution is -2.11. The second kappa shape index (κ2) is 4.36. The zero-order valence-electron chi connectivity index (χ0n) is 9.17. The normalized spacial score (nSPS) is 11.6. The number of aromatic carboxylic acids is 1. The van der Waals surface area contributed by atoms with E-state index < -0.39 is 46.1 Å². The Labute approximate surface area is 106 Å². The summed E-state index contributed by atoms with van der Waals surface area (Å²) in [5, 5.41) is 19.0. The minimum atomic E-state index is -5.05. The third-order valence-electron chi connectivity index (χ3n) is 2.07. The van der Waals surface area contributed by atoms with Crippen molar-refractivity contribution in [1.29, 1.82) is 0 Å². The van der Waals surface area contributed by atoms with Crippen molar-refractivity contribution >= 4 is 11.9 Å². The van der Waals surface area contributed by atoms with Gasteiger partial charge >= 0.3 is 18.0 Å². The first-order chi connectivity index (χ1) is 9.20. The van der Waals surface area contributed by atoms with Crippen LogP contribution in [0, 0.1) is 10.1 Å². The molecule has 20 heavy (non-hydrogen) atoms. The SMILES string of the molecule is O=C(O)c1oc(-c2ccc([N+](=O)[O-])o2)nc1C(F)(F)F. The van der Waals surface area contributed by atoms with Crippen LogP contribution < -0.4 is 0 Å². The quantitative estimate of drug-likeness (QED) is 0.681. The van der Waals surface area contributed by atoms with E-state index in [-0.39, 0.29) is 0 Å². The third-order valence-corrected chi connectivity index (χ3v) is 2.07. The maximum absolute atomic E-state index is 12.5. The van der Waals surface area contributed by atoms with E-state index in [0.717, 1.165) is 12.1 Å². The topological polar surface area (TPSA) is 120 Å². The summed E-state index contributed by atoms with van der Waals surface area (Å²) in [6.45, 7) is 0. The molecule has 2 heterocycles. The van der Waals surface area contributed by atoms with Gasteiger partial charge in [-0.2, -0.15) is 13.2 Å². The van der Waals surface area contributed by atoms with Crippen LogP contribution in [0.1, 0.15) is 16.2 Å². The number of carboxylic acid groups (broad SMARTS) is 1. The first kappa shape index (κ1) is 13.6. The Hall–Kier alpha value is -2.85. The number of hydrogen-bond acceptors (Lipinski definition) is 6. The van der Waals surface area contributed by atoms with Crippen LogP contribution in [-0.2, 0) is 6.18 Å². The zero-order valence-corrected chi connectivity index (χ0v) is 9.17. The van der Waals surface area contributed by atoms with Crippen molar-refractivity contribution in [2.24, 2.45) is 0 Å². The van der Waals surface area contributed by atoms with E-state index in [1.165, 1.54) is 0 Å². The minimum Gasteiger partial charge on any atom is -0.475 e. The number of nitro groups is 1. The fraction of sp³-hybridized carbons (Fsp3) is 0.111. The molecule has 0 saturated heterocycles. The number of aromatic nitrogens is 1. The summed E-state index contributed by atoms with van der Waals surface area (Å²) in [6.07, 6.45) is -5.05. The molecule has 0 atom stereocenters. The van der Waals surface area contributed by atoms with Gasteiger partial charge in [0, 0.05) is 0 Å². The number of carbonyl (C=O) groups is 1. The fourth-order valence-corrected chi connectivity index (χ4v) is 1.30. The predicted octanol–water partition coefficient (Wildman–Crippen LogP) is 2.56. The number of halogens is 3. The number of alkyl halides is 3. The number of hydrogen-bond donors (Lipinski definition) is 1. The summed E-state index contributed by atoms with van der Waals surface area (Å²) in [5.74, 6) is -5.45.